The van der Waals surface area contributed by atoms with Crippen LogP contribution in [0.1, 0.15) is 16.7 Å². The fourth-order valence-corrected chi connectivity index (χ4v) is 3.73. The van der Waals surface area contributed by atoms with Gasteiger partial charge >= 0.3 is 0 Å². The normalized spacial score (nSPS) is 10.5. The summed E-state index contributed by atoms with van der Waals surface area (Å²) in [5.41, 5.74) is 6.02. The van der Waals surface area contributed by atoms with E-state index in [0.29, 0.717) is 5.69 Å². The summed E-state index contributed by atoms with van der Waals surface area (Å²) < 4.78 is 0. The summed E-state index contributed by atoms with van der Waals surface area (Å²) in [6.45, 7) is 1.94. The van der Waals surface area contributed by atoms with Crippen molar-refractivity contribution in [2.24, 2.45) is 0 Å². The maximum absolute atomic E-state index is 12.4. The van der Waals surface area contributed by atoms with Crippen LogP contribution in [0.5, 0.6) is 11.5 Å². The van der Waals surface area contributed by atoms with Crippen molar-refractivity contribution < 1.29 is 19.8 Å². The summed E-state index contributed by atoms with van der Waals surface area (Å²) in [7, 11) is 0. The smallest absolute Gasteiger partial charge is 0.228 e. The molecule has 0 saturated carbocycles. The van der Waals surface area contributed by atoms with Gasteiger partial charge in [0.2, 0.25) is 11.8 Å². The SMILES string of the molecule is Cc1cc(-c2ccc(NC(=O)Cc3ccc(O)cc3)cc2)ccc1NC(=O)Cc1ccc(O)cc1. The highest BCUT2D eigenvalue weighted by Crippen LogP contribution is 2.26. The minimum atomic E-state index is -0.133. The second-order valence-corrected chi connectivity index (χ2v) is 8.39. The predicted molar refractivity (Wildman–Crippen MR) is 137 cm³/mol. The van der Waals surface area contributed by atoms with Gasteiger partial charge in [-0.3, -0.25) is 9.59 Å². The van der Waals surface area contributed by atoms with E-state index in [0.717, 1.165) is 33.5 Å². The number of phenols is 2. The molecular formula is C29H26N2O4. The molecule has 6 nitrogen and oxygen atoms in total. The average molecular weight is 467 g/mol. The molecule has 0 spiro atoms. The van der Waals surface area contributed by atoms with E-state index in [-0.39, 0.29) is 36.2 Å². The van der Waals surface area contributed by atoms with E-state index in [4.69, 9.17) is 0 Å². The zero-order valence-electron chi connectivity index (χ0n) is 19.3. The Morgan fingerprint density at radius 1 is 0.629 bits per heavy atom. The van der Waals surface area contributed by atoms with E-state index in [1.165, 1.54) is 0 Å². The average Bonchev–Trinajstić information content (AvgIpc) is 2.84. The first-order valence-corrected chi connectivity index (χ1v) is 11.2. The van der Waals surface area contributed by atoms with Gasteiger partial charge in [0.1, 0.15) is 11.5 Å². The minimum Gasteiger partial charge on any atom is -0.508 e. The Hall–Kier alpha value is -4.58. The van der Waals surface area contributed by atoms with Crippen molar-refractivity contribution in [3.05, 3.63) is 108 Å². The highest BCUT2D eigenvalue weighted by atomic mass is 16.3. The molecule has 2 amide bonds. The zero-order chi connectivity index (χ0) is 24.8. The lowest BCUT2D eigenvalue weighted by molar-refractivity contribution is -0.116. The van der Waals surface area contributed by atoms with Crippen LogP contribution in [0.3, 0.4) is 0 Å². The number of rotatable bonds is 7. The van der Waals surface area contributed by atoms with Gasteiger partial charge < -0.3 is 20.8 Å². The van der Waals surface area contributed by atoms with Crippen molar-refractivity contribution in [2.75, 3.05) is 10.6 Å². The van der Waals surface area contributed by atoms with Gasteiger partial charge in [-0.05, 0) is 83.3 Å². The molecule has 0 fully saturated rings. The van der Waals surface area contributed by atoms with Crippen LogP contribution in [0, 0.1) is 6.92 Å². The lowest BCUT2D eigenvalue weighted by atomic mass is 10.0. The molecule has 0 heterocycles. The second-order valence-electron chi connectivity index (χ2n) is 8.39. The van der Waals surface area contributed by atoms with E-state index in [1.807, 2.05) is 49.4 Å². The maximum Gasteiger partial charge on any atom is 0.228 e. The number of hydrogen-bond acceptors (Lipinski definition) is 4. The van der Waals surface area contributed by atoms with Gasteiger partial charge in [-0.2, -0.15) is 0 Å². The maximum atomic E-state index is 12.4. The van der Waals surface area contributed by atoms with E-state index < -0.39 is 0 Å². The predicted octanol–water partition coefficient (Wildman–Crippen LogP) is 5.44. The van der Waals surface area contributed by atoms with E-state index in [2.05, 4.69) is 10.6 Å². The number of nitrogens with one attached hydrogen (secondary N) is 2. The molecule has 4 aromatic carbocycles. The third-order valence-corrected chi connectivity index (χ3v) is 5.60. The van der Waals surface area contributed by atoms with Crippen molar-refractivity contribution >= 4 is 23.2 Å². The molecule has 4 N–H and O–H groups in total. The number of hydrogen-bond donors (Lipinski definition) is 4. The third-order valence-electron chi connectivity index (χ3n) is 5.60. The molecule has 6 heteroatoms. The standard InChI is InChI=1S/C29H26N2O4/c1-19-16-23(8-15-27(19)31-29(35)18-21-4-13-26(33)14-5-21)22-6-9-24(10-7-22)30-28(34)17-20-2-11-25(32)12-3-20/h2-16,32-33H,17-18H2,1H3,(H,30,34)(H,31,35). The van der Waals surface area contributed by atoms with E-state index in [1.54, 1.807) is 48.5 Å². The van der Waals surface area contributed by atoms with Crippen LogP contribution in [0.4, 0.5) is 11.4 Å². The topological polar surface area (TPSA) is 98.7 Å². The number of phenolic OH excluding ortho intramolecular Hbond substituents is 2. The molecule has 35 heavy (non-hydrogen) atoms. The molecule has 0 saturated heterocycles. The quantitative estimate of drug-likeness (QED) is 0.292. The van der Waals surface area contributed by atoms with Crippen molar-refractivity contribution in [2.45, 2.75) is 19.8 Å². The second kappa shape index (κ2) is 10.6. The Morgan fingerprint density at radius 2 is 1.11 bits per heavy atom. The summed E-state index contributed by atoms with van der Waals surface area (Å²) in [5.74, 6) is 0.0835. The molecule has 4 aromatic rings. The number of benzene rings is 4. The van der Waals surface area contributed by atoms with Crippen molar-refractivity contribution in [3.63, 3.8) is 0 Å². The third kappa shape index (κ3) is 6.48. The molecule has 4 rings (SSSR count). The van der Waals surface area contributed by atoms with Crippen molar-refractivity contribution in [3.8, 4) is 22.6 Å². The highest BCUT2D eigenvalue weighted by molar-refractivity contribution is 5.94. The summed E-state index contributed by atoms with van der Waals surface area (Å²) in [4.78, 5) is 24.7. The van der Waals surface area contributed by atoms with E-state index >= 15 is 0 Å². The van der Waals surface area contributed by atoms with Crippen LogP contribution in [-0.2, 0) is 22.4 Å². The fourth-order valence-electron chi connectivity index (χ4n) is 3.73. The van der Waals surface area contributed by atoms with Gasteiger partial charge in [0.05, 0.1) is 12.8 Å². The molecule has 0 radical (unpaired) electrons. The van der Waals surface area contributed by atoms with Gasteiger partial charge in [0, 0.05) is 11.4 Å². The molecule has 0 bridgehead atoms. The molecule has 0 aromatic heterocycles. The summed E-state index contributed by atoms with van der Waals surface area (Å²) in [6, 6.07) is 26.6. The van der Waals surface area contributed by atoms with Gasteiger partial charge in [-0.1, -0.05) is 42.5 Å². The molecular weight excluding hydrogens is 440 g/mol. The Bertz CT molecular complexity index is 1330. The molecule has 0 aliphatic rings. The Balaban J connectivity index is 1.36. The van der Waals surface area contributed by atoms with Crippen LogP contribution in [0.15, 0.2) is 91.0 Å². The first-order chi connectivity index (χ1) is 16.9. The number of anilines is 2. The van der Waals surface area contributed by atoms with Crippen LogP contribution in [0.25, 0.3) is 11.1 Å². The summed E-state index contributed by atoms with van der Waals surface area (Å²) >= 11 is 0. The van der Waals surface area contributed by atoms with Crippen LogP contribution in [0.2, 0.25) is 0 Å². The zero-order valence-corrected chi connectivity index (χ0v) is 19.3. The largest absolute Gasteiger partial charge is 0.508 e. The number of carbonyl (C=O) groups excluding carboxylic acids is 2. The Labute approximate surface area is 203 Å². The van der Waals surface area contributed by atoms with Crippen molar-refractivity contribution in [1.29, 1.82) is 0 Å². The van der Waals surface area contributed by atoms with Crippen LogP contribution < -0.4 is 10.6 Å². The first kappa shape index (κ1) is 23.6. The van der Waals surface area contributed by atoms with Crippen LogP contribution in [-0.4, -0.2) is 22.0 Å². The first-order valence-electron chi connectivity index (χ1n) is 11.2. The summed E-state index contributed by atoms with van der Waals surface area (Å²) in [6.07, 6.45) is 0.447. The number of amides is 2. The molecule has 0 unspecified atom stereocenters. The van der Waals surface area contributed by atoms with Gasteiger partial charge in [-0.25, -0.2) is 0 Å². The summed E-state index contributed by atoms with van der Waals surface area (Å²) in [5, 5.41) is 24.6. The minimum absolute atomic E-state index is 0.126. The number of aryl methyl sites for hydroxylation is 1. The van der Waals surface area contributed by atoms with Crippen LogP contribution >= 0.6 is 0 Å². The number of aromatic hydroxyl groups is 2. The monoisotopic (exact) mass is 466 g/mol. The Morgan fingerprint density at radius 3 is 1.63 bits per heavy atom. The molecule has 0 atom stereocenters. The Kier molecular flexibility index (Phi) is 7.12. The highest BCUT2D eigenvalue weighted by Gasteiger charge is 2.09. The van der Waals surface area contributed by atoms with Gasteiger partial charge in [0.25, 0.3) is 0 Å². The fraction of sp³-hybridized carbons (Fsp3) is 0.103. The van der Waals surface area contributed by atoms with Gasteiger partial charge in [0.15, 0.2) is 0 Å². The molecule has 0 aliphatic carbocycles. The van der Waals surface area contributed by atoms with Crippen molar-refractivity contribution in [1.82, 2.24) is 0 Å². The van der Waals surface area contributed by atoms with Gasteiger partial charge in [-0.15, -0.1) is 0 Å². The van der Waals surface area contributed by atoms with E-state index in [9.17, 15) is 19.8 Å². The number of carbonyl (C=O) groups is 2. The lowest BCUT2D eigenvalue weighted by Crippen LogP contribution is -2.15. The molecule has 0 aliphatic heterocycles. The molecule has 176 valence electrons. The lowest BCUT2D eigenvalue weighted by Gasteiger charge is -2.11.